The average Bonchev–Trinajstić information content (AvgIpc) is 3.06. The van der Waals surface area contributed by atoms with Crippen LogP contribution in [0.3, 0.4) is 0 Å². The first-order valence-corrected chi connectivity index (χ1v) is 7.27. The second-order valence-electron chi connectivity index (χ2n) is 4.77. The van der Waals surface area contributed by atoms with Crippen LogP contribution in [0.1, 0.15) is 17.8 Å². The molecule has 3 rings (SSSR count). The van der Waals surface area contributed by atoms with Crippen molar-refractivity contribution in [3.8, 4) is 0 Å². The third-order valence-corrected chi connectivity index (χ3v) is 4.31. The topological polar surface area (TPSA) is 42.4 Å². The zero-order valence-electron chi connectivity index (χ0n) is 10.8. The average molecular weight is 276 g/mol. The second-order valence-corrected chi connectivity index (χ2v) is 5.89. The molecule has 5 heteroatoms. The molecule has 1 aromatic heterocycles. The predicted molar refractivity (Wildman–Crippen MR) is 75.1 cm³/mol. The van der Waals surface area contributed by atoms with Gasteiger partial charge in [0.1, 0.15) is 11.1 Å². The largest absolute Gasteiger partial charge is 0.368 e. The van der Waals surface area contributed by atoms with Crippen LogP contribution < -0.4 is 0 Å². The summed E-state index contributed by atoms with van der Waals surface area (Å²) < 4.78 is 6.59. The van der Waals surface area contributed by atoms with Gasteiger partial charge in [-0.25, -0.2) is 4.98 Å². The molecule has 1 aliphatic heterocycles. The zero-order valence-corrected chi connectivity index (χ0v) is 11.7. The van der Waals surface area contributed by atoms with Crippen molar-refractivity contribution in [2.45, 2.75) is 25.5 Å². The number of ether oxygens (including phenoxy) is 1. The van der Waals surface area contributed by atoms with Crippen LogP contribution in [-0.4, -0.2) is 35.5 Å². The number of thiazole rings is 1. The number of carbonyl (C=O) groups excluding carboxylic acids is 1. The number of hydrogen-bond acceptors (Lipinski definition) is 4. The summed E-state index contributed by atoms with van der Waals surface area (Å²) >= 11 is 1.64. The van der Waals surface area contributed by atoms with Crippen LogP contribution in [0.25, 0.3) is 10.2 Å². The van der Waals surface area contributed by atoms with Crippen molar-refractivity contribution in [1.82, 2.24) is 9.88 Å². The van der Waals surface area contributed by atoms with E-state index in [9.17, 15) is 4.79 Å². The first-order valence-electron chi connectivity index (χ1n) is 6.45. The minimum absolute atomic E-state index is 0.0664. The van der Waals surface area contributed by atoms with Crippen molar-refractivity contribution >= 4 is 27.5 Å². The normalized spacial score (nSPS) is 18.9. The first kappa shape index (κ1) is 12.6. The molecule has 2 heterocycles. The van der Waals surface area contributed by atoms with Gasteiger partial charge < -0.3 is 9.64 Å². The fourth-order valence-corrected chi connectivity index (χ4v) is 3.31. The molecule has 1 atom stereocenters. The number of aromatic nitrogens is 1. The molecule has 1 unspecified atom stereocenters. The van der Waals surface area contributed by atoms with Gasteiger partial charge in [-0.05, 0) is 25.0 Å². The SMILES string of the molecule is CN(Cc1nc2ccccc2s1)C(=O)C1CCCO1. The fourth-order valence-electron chi connectivity index (χ4n) is 2.29. The van der Waals surface area contributed by atoms with Crippen LogP contribution in [0, 0.1) is 0 Å². The molecule has 1 saturated heterocycles. The van der Waals surface area contributed by atoms with E-state index < -0.39 is 0 Å². The standard InChI is InChI=1S/C14H16N2O2S/c1-16(14(17)11-6-4-8-18-11)9-13-15-10-5-2-3-7-12(10)19-13/h2-3,5,7,11H,4,6,8-9H2,1H3. The van der Waals surface area contributed by atoms with Gasteiger partial charge in [0.25, 0.3) is 5.91 Å². The van der Waals surface area contributed by atoms with E-state index in [1.807, 2.05) is 25.2 Å². The van der Waals surface area contributed by atoms with E-state index in [1.165, 1.54) is 0 Å². The van der Waals surface area contributed by atoms with E-state index in [-0.39, 0.29) is 12.0 Å². The van der Waals surface area contributed by atoms with E-state index in [4.69, 9.17) is 4.74 Å². The number of rotatable bonds is 3. The Morgan fingerprint density at radius 3 is 3.11 bits per heavy atom. The number of amides is 1. The highest BCUT2D eigenvalue weighted by Gasteiger charge is 2.26. The molecule has 0 bridgehead atoms. The molecule has 19 heavy (non-hydrogen) atoms. The van der Waals surface area contributed by atoms with Gasteiger partial charge in [-0.3, -0.25) is 4.79 Å². The summed E-state index contributed by atoms with van der Waals surface area (Å²) in [6.45, 7) is 1.25. The lowest BCUT2D eigenvalue weighted by atomic mass is 10.2. The van der Waals surface area contributed by atoms with Gasteiger partial charge in [0, 0.05) is 13.7 Å². The molecular formula is C14H16N2O2S. The lowest BCUT2D eigenvalue weighted by Crippen LogP contribution is -2.35. The van der Waals surface area contributed by atoms with Crippen molar-refractivity contribution in [3.05, 3.63) is 29.3 Å². The Hall–Kier alpha value is -1.46. The Morgan fingerprint density at radius 1 is 1.53 bits per heavy atom. The van der Waals surface area contributed by atoms with Crippen LogP contribution in [-0.2, 0) is 16.1 Å². The molecule has 1 amide bonds. The van der Waals surface area contributed by atoms with Crippen molar-refractivity contribution in [3.63, 3.8) is 0 Å². The quantitative estimate of drug-likeness (QED) is 0.864. The maximum absolute atomic E-state index is 12.1. The number of likely N-dealkylation sites (N-methyl/N-ethyl adjacent to an activating group) is 1. The number of nitrogens with zero attached hydrogens (tertiary/aromatic N) is 2. The van der Waals surface area contributed by atoms with Crippen molar-refractivity contribution in [1.29, 1.82) is 0 Å². The number of para-hydroxylation sites is 1. The monoisotopic (exact) mass is 276 g/mol. The van der Waals surface area contributed by atoms with Crippen LogP contribution in [0.15, 0.2) is 24.3 Å². The minimum atomic E-state index is -0.251. The third-order valence-electron chi connectivity index (χ3n) is 3.29. The Kier molecular flexibility index (Phi) is 3.48. The zero-order chi connectivity index (χ0) is 13.2. The van der Waals surface area contributed by atoms with Crippen molar-refractivity contribution < 1.29 is 9.53 Å². The fraction of sp³-hybridized carbons (Fsp3) is 0.429. The maximum atomic E-state index is 12.1. The molecule has 0 radical (unpaired) electrons. The molecule has 1 fully saturated rings. The van der Waals surface area contributed by atoms with Crippen LogP contribution >= 0.6 is 11.3 Å². The van der Waals surface area contributed by atoms with Gasteiger partial charge in [-0.1, -0.05) is 12.1 Å². The first-order chi connectivity index (χ1) is 9.24. The summed E-state index contributed by atoms with van der Waals surface area (Å²) in [6.07, 6.45) is 1.56. The lowest BCUT2D eigenvalue weighted by molar-refractivity contribution is -0.140. The van der Waals surface area contributed by atoms with Gasteiger partial charge in [-0.15, -0.1) is 11.3 Å². The minimum Gasteiger partial charge on any atom is -0.368 e. The van der Waals surface area contributed by atoms with Crippen molar-refractivity contribution in [2.24, 2.45) is 0 Å². The lowest BCUT2D eigenvalue weighted by Gasteiger charge is -2.19. The molecule has 0 saturated carbocycles. The van der Waals surface area contributed by atoms with Crippen LogP contribution in [0.2, 0.25) is 0 Å². The van der Waals surface area contributed by atoms with Crippen LogP contribution in [0.5, 0.6) is 0 Å². The Bertz CT molecular complexity index is 557. The molecule has 100 valence electrons. The molecule has 0 spiro atoms. The molecule has 0 aliphatic carbocycles. The predicted octanol–water partition coefficient (Wildman–Crippen LogP) is 2.43. The van der Waals surface area contributed by atoms with E-state index in [2.05, 4.69) is 11.1 Å². The molecule has 1 aromatic carbocycles. The highest BCUT2D eigenvalue weighted by atomic mass is 32.1. The molecule has 1 aliphatic rings. The smallest absolute Gasteiger partial charge is 0.251 e. The van der Waals surface area contributed by atoms with Gasteiger partial charge in [0.05, 0.1) is 16.8 Å². The van der Waals surface area contributed by atoms with Gasteiger partial charge >= 0.3 is 0 Å². The second kappa shape index (κ2) is 5.27. The molecular weight excluding hydrogens is 260 g/mol. The third kappa shape index (κ3) is 2.62. The number of fused-ring (bicyclic) bond motifs is 1. The van der Waals surface area contributed by atoms with Gasteiger partial charge in [-0.2, -0.15) is 0 Å². The molecule has 2 aromatic rings. The molecule has 0 N–H and O–H groups in total. The highest BCUT2D eigenvalue weighted by Crippen LogP contribution is 2.23. The number of benzene rings is 1. The number of carbonyl (C=O) groups is 1. The summed E-state index contributed by atoms with van der Waals surface area (Å²) in [5.41, 5.74) is 1.00. The van der Waals surface area contributed by atoms with Gasteiger partial charge in [0.15, 0.2) is 0 Å². The number of hydrogen-bond donors (Lipinski definition) is 0. The molecule has 4 nitrogen and oxygen atoms in total. The van der Waals surface area contributed by atoms with Crippen molar-refractivity contribution in [2.75, 3.05) is 13.7 Å². The Morgan fingerprint density at radius 2 is 2.37 bits per heavy atom. The van der Waals surface area contributed by atoms with E-state index in [1.54, 1.807) is 16.2 Å². The van der Waals surface area contributed by atoms with E-state index in [0.29, 0.717) is 13.2 Å². The van der Waals surface area contributed by atoms with E-state index >= 15 is 0 Å². The summed E-state index contributed by atoms with van der Waals surface area (Å²) in [4.78, 5) is 18.4. The Balaban J connectivity index is 1.71. The van der Waals surface area contributed by atoms with Gasteiger partial charge in [0.2, 0.25) is 0 Å². The summed E-state index contributed by atoms with van der Waals surface area (Å²) in [7, 11) is 1.82. The summed E-state index contributed by atoms with van der Waals surface area (Å²) in [5.74, 6) is 0.0664. The van der Waals surface area contributed by atoms with E-state index in [0.717, 1.165) is 28.1 Å². The Labute approximate surface area is 116 Å². The summed E-state index contributed by atoms with van der Waals surface area (Å²) in [6, 6.07) is 8.04. The summed E-state index contributed by atoms with van der Waals surface area (Å²) in [5, 5.41) is 0.968. The van der Waals surface area contributed by atoms with Crippen LogP contribution in [0.4, 0.5) is 0 Å². The maximum Gasteiger partial charge on any atom is 0.251 e. The highest BCUT2D eigenvalue weighted by molar-refractivity contribution is 7.18.